The monoisotopic (exact) mass is 484 g/mol. The van der Waals surface area contributed by atoms with E-state index in [1.807, 2.05) is 32.9 Å². The Hall–Kier alpha value is -3.29. The molecule has 0 spiro atoms. The number of benzene rings is 2. The van der Waals surface area contributed by atoms with Gasteiger partial charge >= 0.3 is 6.18 Å². The summed E-state index contributed by atoms with van der Waals surface area (Å²) in [6, 6.07) is 14.8. The minimum Gasteiger partial charge on any atom is -0.488 e. The zero-order chi connectivity index (χ0) is 25.1. The van der Waals surface area contributed by atoms with Crippen LogP contribution in [-0.2, 0) is 6.18 Å². The van der Waals surface area contributed by atoms with Crippen molar-refractivity contribution in [2.75, 3.05) is 10.6 Å². The van der Waals surface area contributed by atoms with Crippen LogP contribution >= 0.6 is 0 Å². The lowest BCUT2D eigenvalue weighted by Gasteiger charge is -2.22. The first-order valence-electron chi connectivity index (χ1n) is 11.9. The molecule has 0 aliphatic heterocycles. The third-order valence-electron chi connectivity index (χ3n) is 5.86. The summed E-state index contributed by atoms with van der Waals surface area (Å²) in [5, 5.41) is 5.82. The first-order chi connectivity index (χ1) is 16.6. The summed E-state index contributed by atoms with van der Waals surface area (Å²) in [5.41, 5.74) is 1.06. The normalized spacial score (nSPS) is 15.0. The molecule has 1 fully saturated rings. The standard InChI is InChI=1S/C27H31F3N4O/c1-26(2,3)35-22-11-7-10-21(16-22)32-24-23(27(28,29)30)17-31-25(34-24)33-20-14-12-19(13-15-20)18-8-5-4-6-9-18/h7,10-18H,4-6,8-9H2,1-3H3,(H2,31,32,33,34). The molecule has 4 rings (SSSR count). The van der Waals surface area contributed by atoms with Gasteiger partial charge in [0.05, 0.1) is 0 Å². The van der Waals surface area contributed by atoms with Gasteiger partial charge < -0.3 is 15.4 Å². The summed E-state index contributed by atoms with van der Waals surface area (Å²) >= 11 is 0. The van der Waals surface area contributed by atoms with E-state index in [0.29, 0.717) is 17.4 Å². The van der Waals surface area contributed by atoms with Crippen molar-refractivity contribution in [2.24, 2.45) is 0 Å². The molecule has 1 aliphatic rings. The van der Waals surface area contributed by atoms with Gasteiger partial charge in [-0.05, 0) is 69.4 Å². The number of halogens is 3. The third-order valence-corrected chi connectivity index (χ3v) is 5.86. The summed E-state index contributed by atoms with van der Waals surface area (Å²) in [4.78, 5) is 8.07. The SMILES string of the molecule is CC(C)(C)Oc1cccc(Nc2nc(Nc3ccc(C4CCCCC4)cc3)ncc2C(F)(F)F)c1. The fourth-order valence-corrected chi connectivity index (χ4v) is 4.28. The number of nitrogens with zero attached hydrogens (tertiary/aromatic N) is 2. The highest BCUT2D eigenvalue weighted by Crippen LogP contribution is 2.36. The van der Waals surface area contributed by atoms with Crippen LogP contribution in [0.4, 0.5) is 36.3 Å². The summed E-state index contributed by atoms with van der Waals surface area (Å²) in [5.74, 6) is 0.866. The smallest absolute Gasteiger partial charge is 0.421 e. The maximum absolute atomic E-state index is 13.7. The lowest BCUT2D eigenvalue weighted by molar-refractivity contribution is -0.137. The molecule has 1 saturated carbocycles. The van der Waals surface area contributed by atoms with Crippen molar-refractivity contribution in [2.45, 2.75) is 70.6 Å². The molecule has 0 saturated heterocycles. The highest BCUT2D eigenvalue weighted by Gasteiger charge is 2.35. The molecule has 1 aromatic heterocycles. The van der Waals surface area contributed by atoms with Gasteiger partial charge in [-0.1, -0.05) is 37.5 Å². The Bertz CT molecular complexity index is 1130. The number of alkyl halides is 3. The van der Waals surface area contributed by atoms with Crippen molar-refractivity contribution < 1.29 is 17.9 Å². The number of aromatic nitrogens is 2. The molecule has 0 bridgehead atoms. The summed E-state index contributed by atoms with van der Waals surface area (Å²) in [6.45, 7) is 5.71. The van der Waals surface area contributed by atoms with Gasteiger partial charge in [0.25, 0.3) is 0 Å². The van der Waals surface area contributed by atoms with E-state index >= 15 is 0 Å². The van der Waals surface area contributed by atoms with Gasteiger partial charge in [-0.15, -0.1) is 0 Å². The maximum Gasteiger partial charge on any atom is 0.421 e. The Labute approximate surface area is 204 Å². The maximum atomic E-state index is 13.7. The van der Waals surface area contributed by atoms with Gasteiger partial charge in [-0.3, -0.25) is 0 Å². The highest BCUT2D eigenvalue weighted by molar-refractivity contribution is 5.64. The summed E-state index contributed by atoms with van der Waals surface area (Å²) in [7, 11) is 0. The second-order valence-electron chi connectivity index (χ2n) is 9.90. The Balaban J connectivity index is 1.55. The van der Waals surface area contributed by atoms with E-state index in [9.17, 15) is 13.2 Å². The Morgan fingerprint density at radius 2 is 1.60 bits per heavy atom. The van der Waals surface area contributed by atoms with Gasteiger partial charge in [0, 0.05) is 23.6 Å². The Morgan fingerprint density at radius 1 is 0.886 bits per heavy atom. The van der Waals surface area contributed by atoms with Crippen LogP contribution in [-0.4, -0.2) is 15.6 Å². The van der Waals surface area contributed by atoms with E-state index in [4.69, 9.17) is 4.74 Å². The Morgan fingerprint density at radius 3 is 2.26 bits per heavy atom. The van der Waals surface area contributed by atoms with Crippen molar-refractivity contribution >= 4 is 23.1 Å². The fourth-order valence-electron chi connectivity index (χ4n) is 4.28. The lowest BCUT2D eigenvalue weighted by Crippen LogP contribution is -2.22. The van der Waals surface area contributed by atoms with Crippen molar-refractivity contribution in [1.29, 1.82) is 0 Å². The molecule has 1 aliphatic carbocycles. The molecule has 186 valence electrons. The molecule has 0 amide bonds. The van der Waals surface area contributed by atoms with Crippen LogP contribution in [0.5, 0.6) is 5.75 Å². The Kier molecular flexibility index (Phi) is 7.19. The number of hydrogen-bond acceptors (Lipinski definition) is 5. The van der Waals surface area contributed by atoms with Gasteiger partial charge in [-0.25, -0.2) is 4.98 Å². The first-order valence-corrected chi connectivity index (χ1v) is 11.9. The zero-order valence-electron chi connectivity index (χ0n) is 20.2. The zero-order valence-corrected chi connectivity index (χ0v) is 20.2. The molecule has 0 unspecified atom stereocenters. The number of ether oxygens (including phenoxy) is 1. The number of rotatable bonds is 6. The molecule has 2 N–H and O–H groups in total. The van der Waals surface area contributed by atoms with E-state index in [1.54, 1.807) is 24.3 Å². The van der Waals surface area contributed by atoms with Gasteiger partial charge in [0.2, 0.25) is 5.95 Å². The quantitative estimate of drug-likeness (QED) is 0.369. The van der Waals surface area contributed by atoms with Crippen molar-refractivity contribution in [3.63, 3.8) is 0 Å². The van der Waals surface area contributed by atoms with Crippen LogP contribution in [0, 0.1) is 0 Å². The van der Waals surface area contributed by atoms with Gasteiger partial charge in [0.1, 0.15) is 22.7 Å². The van der Waals surface area contributed by atoms with Crippen LogP contribution in [0.1, 0.15) is 69.9 Å². The second kappa shape index (κ2) is 10.1. The van der Waals surface area contributed by atoms with Crippen molar-refractivity contribution in [3.8, 4) is 5.75 Å². The molecule has 1 heterocycles. The predicted octanol–water partition coefficient (Wildman–Crippen LogP) is 8.21. The number of hydrogen-bond donors (Lipinski definition) is 2. The van der Waals surface area contributed by atoms with Crippen LogP contribution in [0.2, 0.25) is 0 Å². The molecule has 5 nitrogen and oxygen atoms in total. The second-order valence-corrected chi connectivity index (χ2v) is 9.90. The van der Waals surface area contributed by atoms with Crippen LogP contribution in [0.25, 0.3) is 0 Å². The first kappa shape index (κ1) is 24.8. The van der Waals surface area contributed by atoms with Crippen LogP contribution < -0.4 is 15.4 Å². The van der Waals surface area contributed by atoms with Crippen LogP contribution in [0.3, 0.4) is 0 Å². The summed E-state index contributed by atoms with van der Waals surface area (Å²) < 4.78 is 46.8. The predicted molar refractivity (Wildman–Crippen MR) is 133 cm³/mol. The number of anilines is 4. The van der Waals surface area contributed by atoms with Crippen LogP contribution in [0.15, 0.2) is 54.7 Å². The van der Waals surface area contributed by atoms with E-state index in [1.165, 1.54) is 37.7 Å². The molecular formula is C27H31F3N4O. The highest BCUT2D eigenvalue weighted by atomic mass is 19.4. The molecule has 0 radical (unpaired) electrons. The van der Waals surface area contributed by atoms with E-state index in [0.717, 1.165) is 11.9 Å². The lowest BCUT2D eigenvalue weighted by atomic mass is 9.84. The van der Waals surface area contributed by atoms with E-state index < -0.39 is 17.3 Å². The van der Waals surface area contributed by atoms with E-state index in [-0.39, 0.29) is 11.8 Å². The minimum absolute atomic E-state index is 0.0769. The topological polar surface area (TPSA) is 59.1 Å². The third kappa shape index (κ3) is 6.87. The average molecular weight is 485 g/mol. The van der Waals surface area contributed by atoms with Crippen molar-refractivity contribution in [3.05, 3.63) is 65.9 Å². The molecule has 35 heavy (non-hydrogen) atoms. The van der Waals surface area contributed by atoms with E-state index in [2.05, 4.69) is 32.7 Å². The minimum atomic E-state index is -4.61. The average Bonchev–Trinajstić information content (AvgIpc) is 2.79. The van der Waals surface area contributed by atoms with Gasteiger partial charge in [-0.2, -0.15) is 18.2 Å². The van der Waals surface area contributed by atoms with Crippen molar-refractivity contribution in [1.82, 2.24) is 9.97 Å². The largest absolute Gasteiger partial charge is 0.488 e. The molecule has 2 aromatic carbocycles. The molecule has 8 heteroatoms. The molecule has 3 aromatic rings. The summed E-state index contributed by atoms with van der Waals surface area (Å²) in [6.07, 6.45) is 2.39. The molecule has 0 atom stereocenters. The molecular weight excluding hydrogens is 453 g/mol. The fraction of sp³-hybridized carbons (Fsp3) is 0.407. The number of nitrogens with one attached hydrogen (secondary N) is 2. The van der Waals surface area contributed by atoms with Gasteiger partial charge in [0.15, 0.2) is 0 Å².